The lowest BCUT2D eigenvalue weighted by Crippen LogP contribution is -2.19. The summed E-state index contributed by atoms with van der Waals surface area (Å²) in [6.45, 7) is 0. The minimum Gasteiger partial charge on any atom is -0.457 e. The van der Waals surface area contributed by atoms with Crippen LogP contribution >= 0.6 is 31.9 Å². The molecule has 0 aliphatic carbocycles. The third kappa shape index (κ3) is 3.02. The molecular formula is C13H12Br2FNO. The van der Waals surface area contributed by atoms with Gasteiger partial charge in [-0.3, -0.25) is 0 Å². The molecule has 0 spiro atoms. The molecule has 0 aliphatic heterocycles. The first kappa shape index (κ1) is 13.8. The van der Waals surface area contributed by atoms with Gasteiger partial charge in [0.1, 0.15) is 5.82 Å². The van der Waals surface area contributed by atoms with Crippen LogP contribution in [0.25, 0.3) is 0 Å². The summed E-state index contributed by atoms with van der Waals surface area (Å²) >= 11 is 6.80. The average molecular weight is 377 g/mol. The summed E-state index contributed by atoms with van der Waals surface area (Å²) in [6.07, 6.45) is 2.30. The number of rotatable bonds is 4. The second-order valence-corrected chi connectivity index (χ2v) is 5.51. The van der Waals surface area contributed by atoms with E-state index in [1.165, 1.54) is 6.07 Å². The maximum Gasteiger partial charge on any atom is 0.173 e. The summed E-state index contributed by atoms with van der Waals surface area (Å²) in [5.74, 6) is -0.227. The van der Waals surface area contributed by atoms with E-state index in [2.05, 4.69) is 37.2 Å². The molecule has 1 atom stereocenters. The van der Waals surface area contributed by atoms with Gasteiger partial charge in [0.25, 0.3) is 0 Å². The van der Waals surface area contributed by atoms with Gasteiger partial charge in [-0.05, 0) is 59.2 Å². The van der Waals surface area contributed by atoms with Crippen LogP contribution in [0.3, 0.4) is 0 Å². The number of hydrogen-bond donors (Lipinski definition) is 1. The quantitative estimate of drug-likeness (QED) is 0.852. The fraction of sp³-hybridized carbons (Fsp3) is 0.231. The van der Waals surface area contributed by atoms with Crippen molar-refractivity contribution in [3.05, 3.63) is 56.6 Å². The molecule has 5 heteroatoms. The van der Waals surface area contributed by atoms with E-state index in [1.807, 2.05) is 13.1 Å². The van der Waals surface area contributed by atoms with Crippen LogP contribution < -0.4 is 5.32 Å². The van der Waals surface area contributed by atoms with Crippen molar-refractivity contribution in [2.75, 3.05) is 7.05 Å². The van der Waals surface area contributed by atoms with E-state index in [9.17, 15) is 4.39 Å². The molecule has 1 unspecified atom stereocenters. The Balaban J connectivity index is 2.26. The van der Waals surface area contributed by atoms with Gasteiger partial charge in [-0.2, -0.15) is 0 Å². The minimum atomic E-state index is -0.227. The Hall–Kier alpha value is -0.650. The molecule has 2 nitrogen and oxygen atoms in total. The number of furan rings is 1. The van der Waals surface area contributed by atoms with E-state index >= 15 is 0 Å². The Morgan fingerprint density at radius 3 is 2.72 bits per heavy atom. The van der Waals surface area contributed by atoms with E-state index in [-0.39, 0.29) is 11.9 Å². The predicted molar refractivity (Wildman–Crippen MR) is 76.0 cm³/mol. The Labute approximate surface area is 122 Å². The first-order chi connectivity index (χ1) is 8.61. The van der Waals surface area contributed by atoms with E-state index in [1.54, 1.807) is 18.4 Å². The third-order valence-corrected chi connectivity index (χ3v) is 4.22. The number of benzene rings is 1. The molecule has 0 fully saturated rings. The van der Waals surface area contributed by atoms with Crippen LogP contribution in [0.4, 0.5) is 4.39 Å². The maximum absolute atomic E-state index is 13.3. The lowest BCUT2D eigenvalue weighted by Gasteiger charge is -2.16. The first-order valence-electron chi connectivity index (χ1n) is 5.46. The van der Waals surface area contributed by atoms with Crippen LogP contribution in [-0.2, 0) is 6.42 Å². The van der Waals surface area contributed by atoms with Crippen LogP contribution in [0.5, 0.6) is 0 Å². The molecule has 1 heterocycles. The fourth-order valence-corrected chi connectivity index (χ4v) is 2.77. The number of halogens is 3. The van der Waals surface area contributed by atoms with Gasteiger partial charge in [0.05, 0.1) is 6.26 Å². The van der Waals surface area contributed by atoms with Crippen molar-refractivity contribution in [3.63, 3.8) is 0 Å². The molecule has 2 aromatic rings. The summed E-state index contributed by atoms with van der Waals surface area (Å²) in [5.41, 5.74) is 1.94. The van der Waals surface area contributed by atoms with E-state index in [0.717, 1.165) is 15.6 Å². The maximum atomic E-state index is 13.3. The van der Waals surface area contributed by atoms with Crippen molar-refractivity contribution >= 4 is 31.9 Å². The highest BCUT2D eigenvalue weighted by Gasteiger charge is 2.17. The topological polar surface area (TPSA) is 25.2 Å². The summed E-state index contributed by atoms with van der Waals surface area (Å²) in [7, 11) is 1.87. The van der Waals surface area contributed by atoms with Gasteiger partial charge in [0.2, 0.25) is 0 Å². The molecule has 1 N–H and O–H groups in total. The van der Waals surface area contributed by atoms with Crippen LogP contribution in [0.1, 0.15) is 17.2 Å². The highest BCUT2D eigenvalue weighted by molar-refractivity contribution is 9.10. The zero-order chi connectivity index (χ0) is 13.1. The summed E-state index contributed by atoms with van der Waals surface area (Å²) in [4.78, 5) is 0. The molecule has 0 saturated carbocycles. The van der Waals surface area contributed by atoms with Gasteiger partial charge in [-0.25, -0.2) is 4.39 Å². The molecule has 18 heavy (non-hydrogen) atoms. The van der Waals surface area contributed by atoms with Crippen LogP contribution in [0.2, 0.25) is 0 Å². The number of likely N-dealkylation sites (N-methyl/N-ethyl adjacent to an activating group) is 1. The highest BCUT2D eigenvalue weighted by atomic mass is 79.9. The SMILES string of the molecule is CNC(Cc1cc(F)ccc1Br)c1ccoc1Br. The highest BCUT2D eigenvalue weighted by Crippen LogP contribution is 2.29. The second-order valence-electron chi connectivity index (χ2n) is 3.93. The molecule has 1 aromatic carbocycles. The largest absolute Gasteiger partial charge is 0.457 e. The molecule has 0 bridgehead atoms. The van der Waals surface area contributed by atoms with Gasteiger partial charge in [-0.1, -0.05) is 15.9 Å². The van der Waals surface area contributed by atoms with Crippen LogP contribution in [-0.4, -0.2) is 7.05 Å². The van der Waals surface area contributed by atoms with E-state index < -0.39 is 0 Å². The third-order valence-electron chi connectivity index (χ3n) is 2.80. The van der Waals surface area contributed by atoms with Crippen molar-refractivity contribution in [1.29, 1.82) is 0 Å². The van der Waals surface area contributed by atoms with Gasteiger partial charge in [0.15, 0.2) is 4.67 Å². The molecule has 0 amide bonds. The molecule has 1 aromatic heterocycles. The standard InChI is InChI=1S/C13H12Br2FNO/c1-17-12(10-4-5-18-13(10)15)7-8-6-9(16)2-3-11(8)14/h2-6,12,17H,7H2,1H3. The Morgan fingerprint density at radius 2 is 2.11 bits per heavy atom. The summed E-state index contributed by atoms with van der Waals surface area (Å²) in [5, 5.41) is 3.21. The summed E-state index contributed by atoms with van der Waals surface area (Å²) < 4.78 is 20.1. The lowest BCUT2D eigenvalue weighted by atomic mass is 10.0. The number of nitrogens with one attached hydrogen (secondary N) is 1. The van der Waals surface area contributed by atoms with Crippen molar-refractivity contribution in [2.24, 2.45) is 0 Å². The van der Waals surface area contributed by atoms with E-state index in [4.69, 9.17) is 4.42 Å². The zero-order valence-electron chi connectivity index (χ0n) is 9.71. The first-order valence-corrected chi connectivity index (χ1v) is 7.04. The van der Waals surface area contributed by atoms with Gasteiger partial charge >= 0.3 is 0 Å². The minimum absolute atomic E-state index is 0.0659. The fourth-order valence-electron chi connectivity index (χ4n) is 1.84. The molecule has 0 aliphatic rings. The van der Waals surface area contributed by atoms with Crippen molar-refractivity contribution in [3.8, 4) is 0 Å². The molecule has 96 valence electrons. The smallest absolute Gasteiger partial charge is 0.173 e. The Bertz CT molecular complexity index is 542. The lowest BCUT2D eigenvalue weighted by molar-refractivity contribution is 0.517. The predicted octanol–water partition coefficient (Wildman–Crippen LogP) is 4.45. The second kappa shape index (κ2) is 5.99. The average Bonchev–Trinajstić information content (AvgIpc) is 2.77. The van der Waals surface area contributed by atoms with Gasteiger partial charge < -0.3 is 9.73 Å². The van der Waals surface area contributed by atoms with Gasteiger partial charge in [0, 0.05) is 16.1 Å². The zero-order valence-corrected chi connectivity index (χ0v) is 12.9. The molecule has 2 rings (SSSR count). The molecular weight excluding hydrogens is 365 g/mol. The van der Waals surface area contributed by atoms with Gasteiger partial charge in [-0.15, -0.1) is 0 Å². The number of hydrogen-bond acceptors (Lipinski definition) is 2. The van der Waals surface area contributed by atoms with E-state index in [0.29, 0.717) is 11.1 Å². The summed E-state index contributed by atoms with van der Waals surface area (Å²) in [6, 6.07) is 6.68. The monoisotopic (exact) mass is 375 g/mol. The van der Waals surface area contributed by atoms with Crippen molar-refractivity contribution in [1.82, 2.24) is 5.32 Å². The van der Waals surface area contributed by atoms with Crippen LogP contribution in [0.15, 0.2) is 44.1 Å². The molecule has 0 radical (unpaired) electrons. The Morgan fingerprint density at radius 1 is 1.33 bits per heavy atom. The Kier molecular flexibility index (Phi) is 4.59. The van der Waals surface area contributed by atoms with Crippen molar-refractivity contribution < 1.29 is 8.81 Å². The molecule has 0 saturated heterocycles. The van der Waals surface area contributed by atoms with Crippen LogP contribution in [0, 0.1) is 5.82 Å². The normalized spacial score (nSPS) is 12.7. The van der Waals surface area contributed by atoms with Crippen molar-refractivity contribution in [2.45, 2.75) is 12.5 Å².